The Bertz CT molecular complexity index is 491. The van der Waals surface area contributed by atoms with Crippen LogP contribution in [0.5, 0.6) is 0 Å². The maximum absolute atomic E-state index is 11.9. The average molecular weight is 337 g/mol. The molecule has 0 radical (unpaired) electrons. The summed E-state index contributed by atoms with van der Waals surface area (Å²) in [4.78, 5) is 15.4. The highest BCUT2D eigenvalue weighted by atomic mass is 32.2. The first kappa shape index (κ1) is 18.3. The molecule has 23 heavy (non-hydrogen) atoms. The molecule has 0 aromatic heterocycles. The van der Waals surface area contributed by atoms with Crippen LogP contribution in [0.15, 0.2) is 29.2 Å². The lowest BCUT2D eigenvalue weighted by Gasteiger charge is -2.26. The van der Waals surface area contributed by atoms with Gasteiger partial charge >= 0.3 is 0 Å². The van der Waals surface area contributed by atoms with Gasteiger partial charge in [-0.15, -0.1) is 11.8 Å². The van der Waals surface area contributed by atoms with E-state index in [0.29, 0.717) is 12.3 Å². The fourth-order valence-corrected chi connectivity index (χ4v) is 3.16. The van der Waals surface area contributed by atoms with Gasteiger partial charge in [0, 0.05) is 31.1 Å². The monoisotopic (exact) mass is 336 g/mol. The Morgan fingerprint density at radius 1 is 1.22 bits per heavy atom. The van der Waals surface area contributed by atoms with Crippen molar-refractivity contribution in [3.63, 3.8) is 0 Å². The van der Waals surface area contributed by atoms with Crippen LogP contribution < -0.4 is 5.32 Å². The van der Waals surface area contributed by atoms with Crippen LogP contribution in [0.1, 0.15) is 26.3 Å². The van der Waals surface area contributed by atoms with Gasteiger partial charge in [-0.2, -0.15) is 0 Å². The van der Waals surface area contributed by atoms with Gasteiger partial charge in [-0.1, -0.05) is 32.9 Å². The zero-order valence-corrected chi connectivity index (χ0v) is 15.2. The number of carbonyl (C=O) groups is 1. The zero-order valence-electron chi connectivity index (χ0n) is 14.4. The fourth-order valence-electron chi connectivity index (χ4n) is 2.43. The molecule has 0 atom stereocenters. The molecule has 0 saturated carbocycles. The first-order chi connectivity index (χ1) is 10.9. The third-order valence-corrected chi connectivity index (χ3v) is 4.96. The van der Waals surface area contributed by atoms with Crippen LogP contribution in [0.25, 0.3) is 0 Å². The van der Waals surface area contributed by atoms with Crippen LogP contribution in [-0.4, -0.2) is 56.0 Å². The van der Waals surface area contributed by atoms with Gasteiger partial charge in [0.05, 0.1) is 19.0 Å². The van der Waals surface area contributed by atoms with Gasteiger partial charge in [0.1, 0.15) is 0 Å². The molecule has 1 aromatic carbocycles. The Morgan fingerprint density at radius 3 is 2.48 bits per heavy atom. The Hall–Kier alpha value is -1.04. The Morgan fingerprint density at radius 2 is 1.87 bits per heavy atom. The lowest BCUT2D eigenvalue weighted by Crippen LogP contribution is -2.41. The van der Waals surface area contributed by atoms with E-state index in [4.69, 9.17) is 4.74 Å². The molecule has 1 aromatic rings. The van der Waals surface area contributed by atoms with Crippen LogP contribution >= 0.6 is 11.8 Å². The molecule has 0 spiro atoms. The first-order valence-electron chi connectivity index (χ1n) is 8.25. The van der Waals surface area contributed by atoms with Crippen molar-refractivity contribution in [3.05, 3.63) is 29.8 Å². The quantitative estimate of drug-likeness (QED) is 0.811. The third kappa shape index (κ3) is 6.53. The predicted octanol–water partition coefficient (Wildman–Crippen LogP) is 2.52. The normalized spacial score (nSPS) is 16.3. The standard InChI is InChI=1S/C18H28N2O2S/c1-18(2,3)15-4-6-16(7-5-15)23-14-17(21)19-8-9-20-10-12-22-13-11-20/h4-7H,8-14H2,1-3H3,(H,19,21). The summed E-state index contributed by atoms with van der Waals surface area (Å²) in [5, 5.41) is 2.99. The third-order valence-electron chi connectivity index (χ3n) is 3.94. The molecule has 1 fully saturated rings. The molecule has 5 heteroatoms. The van der Waals surface area contributed by atoms with Gasteiger partial charge in [-0.3, -0.25) is 9.69 Å². The highest BCUT2D eigenvalue weighted by molar-refractivity contribution is 8.00. The molecule has 1 amide bonds. The topological polar surface area (TPSA) is 41.6 Å². The van der Waals surface area contributed by atoms with E-state index in [9.17, 15) is 4.79 Å². The molecular weight excluding hydrogens is 308 g/mol. The second-order valence-electron chi connectivity index (χ2n) is 6.87. The van der Waals surface area contributed by atoms with Gasteiger partial charge in [0.2, 0.25) is 5.91 Å². The molecule has 2 rings (SSSR count). The lowest BCUT2D eigenvalue weighted by molar-refractivity contribution is -0.118. The number of carbonyl (C=O) groups excluding carboxylic acids is 1. The minimum Gasteiger partial charge on any atom is -0.379 e. The number of hydrogen-bond donors (Lipinski definition) is 1. The SMILES string of the molecule is CC(C)(C)c1ccc(SCC(=O)NCCN2CCOCC2)cc1. The Labute approximate surface area is 144 Å². The van der Waals surface area contributed by atoms with E-state index in [0.717, 1.165) is 37.7 Å². The average Bonchev–Trinajstić information content (AvgIpc) is 2.53. The van der Waals surface area contributed by atoms with Gasteiger partial charge in [0.15, 0.2) is 0 Å². The van der Waals surface area contributed by atoms with Crippen molar-refractivity contribution in [1.82, 2.24) is 10.2 Å². The van der Waals surface area contributed by atoms with Crippen molar-refractivity contribution in [2.75, 3.05) is 45.1 Å². The molecule has 1 aliphatic rings. The maximum Gasteiger partial charge on any atom is 0.230 e. The molecule has 1 N–H and O–H groups in total. The van der Waals surface area contributed by atoms with Crippen molar-refractivity contribution in [3.8, 4) is 0 Å². The van der Waals surface area contributed by atoms with E-state index in [1.807, 2.05) is 0 Å². The number of nitrogens with zero attached hydrogens (tertiary/aromatic N) is 1. The van der Waals surface area contributed by atoms with E-state index in [1.165, 1.54) is 5.56 Å². The minimum absolute atomic E-state index is 0.100. The maximum atomic E-state index is 11.9. The smallest absolute Gasteiger partial charge is 0.230 e. The van der Waals surface area contributed by atoms with E-state index in [1.54, 1.807) is 11.8 Å². The Balaban J connectivity index is 1.65. The number of thioether (sulfide) groups is 1. The summed E-state index contributed by atoms with van der Waals surface area (Å²) in [6, 6.07) is 8.51. The van der Waals surface area contributed by atoms with E-state index < -0.39 is 0 Å². The van der Waals surface area contributed by atoms with E-state index in [2.05, 4.69) is 55.3 Å². The molecule has 1 aliphatic heterocycles. The Kier molecular flexibility index (Phi) is 6.93. The summed E-state index contributed by atoms with van der Waals surface area (Å²) in [5.74, 6) is 0.570. The number of rotatable bonds is 6. The minimum atomic E-state index is 0.100. The molecule has 128 valence electrons. The van der Waals surface area contributed by atoms with Crippen LogP contribution in [0, 0.1) is 0 Å². The number of amides is 1. The van der Waals surface area contributed by atoms with Gasteiger partial charge in [0.25, 0.3) is 0 Å². The summed E-state index contributed by atoms with van der Waals surface area (Å²) in [7, 11) is 0. The molecule has 0 unspecified atom stereocenters. The van der Waals surface area contributed by atoms with Crippen LogP contribution in [0.4, 0.5) is 0 Å². The van der Waals surface area contributed by atoms with Crippen molar-refractivity contribution < 1.29 is 9.53 Å². The second kappa shape index (κ2) is 8.71. The molecule has 1 heterocycles. The molecule has 4 nitrogen and oxygen atoms in total. The summed E-state index contributed by atoms with van der Waals surface area (Å²) in [6.45, 7) is 11.8. The van der Waals surface area contributed by atoms with Crippen LogP contribution in [0.2, 0.25) is 0 Å². The van der Waals surface area contributed by atoms with Crippen LogP contribution in [0.3, 0.4) is 0 Å². The molecule has 0 bridgehead atoms. The first-order valence-corrected chi connectivity index (χ1v) is 9.24. The van der Waals surface area contributed by atoms with Crippen molar-refractivity contribution in [1.29, 1.82) is 0 Å². The number of benzene rings is 1. The molecule has 0 aliphatic carbocycles. The lowest BCUT2D eigenvalue weighted by atomic mass is 9.87. The van der Waals surface area contributed by atoms with E-state index in [-0.39, 0.29) is 11.3 Å². The fraction of sp³-hybridized carbons (Fsp3) is 0.611. The van der Waals surface area contributed by atoms with Crippen molar-refractivity contribution >= 4 is 17.7 Å². The predicted molar refractivity (Wildman–Crippen MR) is 96.1 cm³/mol. The molecule has 1 saturated heterocycles. The summed E-state index contributed by atoms with van der Waals surface area (Å²) >= 11 is 1.59. The van der Waals surface area contributed by atoms with Crippen molar-refractivity contribution in [2.24, 2.45) is 0 Å². The number of hydrogen-bond acceptors (Lipinski definition) is 4. The largest absolute Gasteiger partial charge is 0.379 e. The second-order valence-corrected chi connectivity index (χ2v) is 7.92. The highest BCUT2D eigenvalue weighted by Crippen LogP contribution is 2.25. The zero-order chi connectivity index (χ0) is 16.7. The van der Waals surface area contributed by atoms with E-state index >= 15 is 0 Å². The summed E-state index contributed by atoms with van der Waals surface area (Å²) in [5.41, 5.74) is 1.48. The van der Waals surface area contributed by atoms with Crippen molar-refractivity contribution in [2.45, 2.75) is 31.1 Å². The van der Waals surface area contributed by atoms with Gasteiger partial charge in [-0.25, -0.2) is 0 Å². The number of morpholine rings is 1. The summed E-state index contributed by atoms with van der Waals surface area (Å²) < 4.78 is 5.31. The summed E-state index contributed by atoms with van der Waals surface area (Å²) in [6.07, 6.45) is 0. The van der Waals surface area contributed by atoms with Crippen LogP contribution in [-0.2, 0) is 14.9 Å². The van der Waals surface area contributed by atoms with Gasteiger partial charge in [-0.05, 0) is 23.1 Å². The molecular formula is C18H28N2O2S. The number of ether oxygens (including phenoxy) is 1. The highest BCUT2D eigenvalue weighted by Gasteiger charge is 2.13. The van der Waals surface area contributed by atoms with Gasteiger partial charge < -0.3 is 10.1 Å². The number of nitrogens with one attached hydrogen (secondary N) is 1.